The number of ether oxygens (including phenoxy) is 1. The largest absolute Gasteiger partial charge is 0.465 e. The van der Waals surface area contributed by atoms with Crippen LogP contribution in [0.25, 0.3) is 0 Å². The molecule has 0 atom stereocenters. The SMILES string of the molecule is CCCCCCCCCCCCN(CC)CC(=O)OCC. The van der Waals surface area contributed by atoms with E-state index in [2.05, 4.69) is 18.7 Å². The van der Waals surface area contributed by atoms with Crippen molar-refractivity contribution < 1.29 is 9.53 Å². The number of likely N-dealkylation sites (N-methyl/N-ethyl adjacent to an activating group) is 1. The molecular formula is C18H37NO2. The molecule has 0 saturated carbocycles. The summed E-state index contributed by atoms with van der Waals surface area (Å²) in [6.45, 7) is 9.10. The molecule has 0 rings (SSSR count). The molecule has 0 aromatic carbocycles. The quantitative estimate of drug-likeness (QED) is 0.321. The number of hydrogen-bond donors (Lipinski definition) is 0. The van der Waals surface area contributed by atoms with Gasteiger partial charge in [0.15, 0.2) is 0 Å². The molecule has 0 unspecified atom stereocenters. The average molecular weight is 299 g/mol. The molecule has 21 heavy (non-hydrogen) atoms. The zero-order valence-electron chi connectivity index (χ0n) is 14.7. The minimum atomic E-state index is -0.0913. The van der Waals surface area contributed by atoms with Crippen LogP contribution in [0, 0.1) is 0 Å². The maximum Gasteiger partial charge on any atom is 0.320 e. The first kappa shape index (κ1) is 20.4. The van der Waals surface area contributed by atoms with E-state index in [1.54, 1.807) is 0 Å². The zero-order valence-corrected chi connectivity index (χ0v) is 14.7. The van der Waals surface area contributed by atoms with Crippen molar-refractivity contribution in [3.8, 4) is 0 Å². The van der Waals surface area contributed by atoms with Crippen molar-refractivity contribution >= 4 is 5.97 Å². The Morgan fingerprint density at radius 2 is 1.33 bits per heavy atom. The molecule has 0 N–H and O–H groups in total. The first-order valence-corrected chi connectivity index (χ1v) is 9.12. The number of hydrogen-bond acceptors (Lipinski definition) is 3. The highest BCUT2D eigenvalue weighted by atomic mass is 16.5. The lowest BCUT2D eigenvalue weighted by Crippen LogP contribution is -2.31. The molecule has 0 aliphatic heterocycles. The third-order valence-corrected chi connectivity index (χ3v) is 3.93. The van der Waals surface area contributed by atoms with Gasteiger partial charge in [-0.05, 0) is 26.4 Å². The number of carbonyl (C=O) groups is 1. The fraction of sp³-hybridized carbons (Fsp3) is 0.944. The maximum absolute atomic E-state index is 11.4. The van der Waals surface area contributed by atoms with Gasteiger partial charge in [0, 0.05) is 0 Å². The van der Waals surface area contributed by atoms with Crippen LogP contribution >= 0.6 is 0 Å². The smallest absolute Gasteiger partial charge is 0.320 e. The summed E-state index contributed by atoms with van der Waals surface area (Å²) in [5, 5.41) is 0. The van der Waals surface area contributed by atoms with Crippen LogP contribution in [0.2, 0.25) is 0 Å². The van der Waals surface area contributed by atoms with Crippen LogP contribution in [0.4, 0.5) is 0 Å². The van der Waals surface area contributed by atoms with Gasteiger partial charge in [0.25, 0.3) is 0 Å². The molecule has 126 valence electrons. The molecule has 0 aliphatic rings. The van der Waals surface area contributed by atoms with Crippen LogP contribution in [0.3, 0.4) is 0 Å². The highest BCUT2D eigenvalue weighted by Crippen LogP contribution is 2.10. The second-order valence-corrected chi connectivity index (χ2v) is 5.86. The van der Waals surface area contributed by atoms with Crippen molar-refractivity contribution in [3.05, 3.63) is 0 Å². The lowest BCUT2D eigenvalue weighted by Gasteiger charge is -2.18. The monoisotopic (exact) mass is 299 g/mol. The van der Waals surface area contributed by atoms with Gasteiger partial charge in [-0.3, -0.25) is 9.69 Å². The molecule has 3 heteroatoms. The Kier molecular flexibility index (Phi) is 15.4. The van der Waals surface area contributed by atoms with E-state index in [1.165, 1.54) is 64.2 Å². The summed E-state index contributed by atoms with van der Waals surface area (Å²) in [6, 6.07) is 0. The van der Waals surface area contributed by atoms with E-state index in [9.17, 15) is 4.79 Å². The van der Waals surface area contributed by atoms with Gasteiger partial charge in [-0.15, -0.1) is 0 Å². The lowest BCUT2D eigenvalue weighted by atomic mass is 10.1. The van der Waals surface area contributed by atoms with Crippen molar-refractivity contribution in [2.45, 2.75) is 85.0 Å². The summed E-state index contributed by atoms with van der Waals surface area (Å²) in [5.41, 5.74) is 0. The first-order valence-electron chi connectivity index (χ1n) is 9.12. The van der Waals surface area contributed by atoms with Crippen LogP contribution in [-0.2, 0) is 9.53 Å². The van der Waals surface area contributed by atoms with Gasteiger partial charge in [0.05, 0.1) is 13.2 Å². The molecule has 0 heterocycles. The van der Waals surface area contributed by atoms with Gasteiger partial charge in [-0.25, -0.2) is 0 Å². The molecule has 0 fully saturated rings. The molecule has 3 nitrogen and oxygen atoms in total. The third-order valence-electron chi connectivity index (χ3n) is 3.93. The van der Waals surface area contributed by atoms with Gasteiger partial charge in [0.2, 0.25) is 0 Å². The molecule has 0 aromatic rings. The number of carbonyl (C=O) groups excluding carboxylic acids is 1. The Labute approximate surface area is 132 Å². The highest BCUT2D eigenvalue weighted by molar-refractivity contribution is 5.71. The Morgan fingerprint density at radius 1 is 0.810 bits per heavy atom. The first-order chi connectivity index (χ1) is 10.2. The summed E-state index contributed by atoms with van der Waals surface area (Å²) in [6.07, 6.45) is 13.5. The van der Waals surface area contributed by atoms with E-state index in [1.807, 2.05) is 6.92 Å². The number of nitrogens with zero attached hydrogens (tertiary/aromatic N) is 1. The van der Waals surface area contributed by atoms with Crippen molar-refractivity contribution in [1.29, 1.82) is 0 Å². The second-order valence-electron chi connectivity index (χ2n) is 5.86. The zero-order chi connectivity index (χ0) is 15.8. The van der Waals surface area contributed by atoms with E-state index < -0.39 is 0 Å². The Balaban J connectivity index is 3.37. The summed E-state index contributed by atoms with van der Waals surface area (Å²) in [5.74, 6) is -0.0913. The predicted molar refractivity (Wildman–Crippen MR) is 90.6 cm³/mol. The number of unbranched alkanes of at least 4 members (excludes halogenated alkanes) is 9. The Morgan fingerprint density at radius 3 is 1.81 bits per heavy atom. The molecule has 0 saturated heterocycles. The standard InChI is InChI=1S/C18H37NO2/c1-4-7-8-9-10-11-12-13-14-15-16-19(5-2)17-18(20)21-6-3/h4-17H2,1-3H3. The van der Waals surface area contributed by atoms with Crippen molar-refractivity contribution in [1.82, 2.24) is 4.90 Å². The molecule has 0 radical (unpaired) electrons. The number of esters is 1. The fourth-order valence-electron chi connectivity index (χ4n) is 2.56. The molecule has 0 aliphatic carbocycles. The van der Waals surface area contributed by atoms with Gasteiger partial charge in [-0.2, -0.15) is 0 Å². The molecule has 0 spiro atoms. The van der Waals surface area contributed by atoms with E-state index in [0.29, 0.717) is 13.2 Å². The van der Waals surface area contributed by atoms with Crippen LogP contribution in [0.15, 0.2) is 0 Å². The van der Waals surface area contributed by atoms with E-state index in [4.69, 9.17) is 4.74 Å². The van der Waals surface area contributed by atoms with Gasteiger partial charge in [0.1, 0.15) is 0 Å². The van der Waals surface area contributed by atoms with Crippen molar-refractivity contribution in [3.63, 3.8) is 0 Å². The van der Waals surface area contributed by atoms with E-state index >= 15 is 0 Å². The van der Waals surface area contributed by atoms with Crippen molar-refractivity contribution in [2.75, 3.05) is 26.2 Å². The third kappa shape index (κ3) is 14.1. The minimum Gasteiger partial charge on any atom is -0.465 e. The molecular weight excluding hydrogens is 262 g/mol. The van der Waals surface area contributed by atoms with Gasteiger partial charge < -0.3 is 4.74 Å². The van der Waals surface area contributed by atoms with E-state index in [0.717, 1.165) is 13.1 Å². The lowest BCUT2D eigenvalue weighted by molar-refractivity contribution is -0.144. The van der Waals surface area contributed by atoms with Gasteiger partial charge in [-0.1, -0.05) is 71.6 Å². The van der Waals surface area contributed by atoms with Crippen LogP contribution in [0.5, 0.6) is 0 Å². The molecule has 0 aromatic heterocycles. The molecule has 0 bridgehead atoms. The summed E-state index contributed by atoms with van der Waals surface area (Å²) in [7, 11) is 0. The number of rotatable bonds is 15. The van der Waals surface area contributed by atoms with Crippen molar-refractivity contribution in [2.24, 2.45) is 0 Å². The maximum atomic E-state index is 11.4. The highest BCUT2D eigenvalue weighted by Gasteiger charge is 2.08. The Hall–Kier alpha value is -0.570. The van der Waals surface area contributed by atoms with Gasteiger partial charge >= 0.3 is 5.97 Å². The predicted octanol–water partition coefficient (Wildman–Crippen LogP) is 4.79. The normalized spacial score (nSPS) is 11.0. The summed E-state index contributed by atoms with van der Waals surface area (Å²) < 4.78 is 4.99. The molecule has 0 amide bonds. The van der Waals surface area contributed by atoms with Crippen LogP contribution in [-0.4, -0.2) is 37.1 Å². The summed E-state index contributed by atoms with van der Waals surface area (Å²) in [4.78, 5) is 13.6. The second kappa shape index (κ2) is 15.8. The average Bonchev–Trinajstić information content (AvgIpc) is 2.48. The Bertz CT molecular complexity index is 231. The van der Waals surface area contributed by atoms with E-state index in [-0.39, 0.29) is 5.97 Å². The topological polar surface area (TPSA) is 29.5 Å². The van der Waals surface area contributed by atoms with Crippen LogP contribution in [0.1, 0.15) is 85.0 Å². The van der Waals surface area contributed by atoms with Crippen LogP contribution < -0.4 is 0 Å². The summed E-state index contributed by atoms with van der Waals surface area (Å²) >= 11 is 0. The fourth-order valence-corrected chi connectivity index (χ4v) is 2.56. The minimum absolute atomic E-state index is 0.0913.